The molecule has 0 saturated heterocycles. The molecule has 15 nitrogen and oxygen atoms in total. The second kappa shape index (κ2) is 22.6. The Morgan fingerprint density at radius 1 is 0.583 bits per heavy atom. The van der Waals surface area contributed by atoms with E-state index in [1.807, 2.05) is 6.92 Å². The molecule has 8 rings (SSSR count). The summed E-state index contributed by atoms with van der Waals surface area (Å²) in [6.07, 6.45) is -8.01. The number of unbranched alkanes of at least 4 members (excludes halogenated alkanes) is 1. The van der Waals surface area contributed by atoms with Gasteiger partial charge in [-0.1, -0.05) is 96.5 Å². The van der Waals surface area contributed by atoms with Crippen molar-refractivity contribution in [2.45, 2.75) is 85.2 Å². The summed E-state index contributed by atoms with van der Waals surface area (Å²) in [6.45, 7) is 2.46. The third-order valence-electron chi connectivity index (χ3n) is 10.7. The van der Waals surface area contributed by atoms with Gasteiger partial charge in [0.1, 0.15) is 11.5 Å². The van der Waals surface area contributed by atoms with Crippen LogP contribution in [0.2, 0.25) is 10.0 Å². The van der Waals surface area contributed by atoms with Crippen LogP contribution in [0.25, 0.3) is 22.3 Å². The lowest BCUT2D eigenvalue weighted by atomic mass is 10.2. The zero-order valence-electron chi connectivity index (χ0n) is 38.2. The van der Waals surface area contributed by atoms with Crippen LogP contribution in [0, 0.1) is 0 Å². The lowest BCUT2D eigenvalue weighted by Gasteiger charge is -2.12. The Bertz CT molecular complexity index is 3250. The average molecular weight is 1080 g/mol. The van der Waals surface area contributed by atoms with E-state index in [4.69, 9.17) is 23.2 Å². The fourth-order valence-electron chi connectivity index (χ4n) is 7.32. The number of fused-ring (bicyclic) bond motifs is 2. The SMILES string of the molecule is CCCCn1c(=O)c2c(nc(Sc3cccc(OC(F)(F)F)c3)n2Cc2ccc(Cl)cc2)n(C)c1=O.Cn1c(=O)n(CCCO)c(=O)c2c1nc(Sc1cccc(OC(F)(F)F)c1)n2Cc1ccc(Cl)cc1. The van der Waals surface area contributed by atoms with Crippen LogP contribution < -0.4 is 32.0 Å². The zero-order valence-corrected chi connectivity index (χ0v) is 41.4. The second-order valence-corrected chi connectivity index (χ2v) is 18.8. The molecular formula is C47H42Cl2F6N8O7S2. The monoisotopic (exact) mass is 1080 g/mol. The molecule has 0 spiro atoms. The first kappa shape index (κ1) is 53.4. The number of alkyl halides is 6. The first-order valence-corrected chi connectivity index (χ1v) is 24.1. The third kappa shape index (κ3) is 12.8. The number of ether oxygens (including phenoxy) is 2. The Hall–Kier alpha value is -6.40. The highest BCUT2D eigenvalue weighted by Crippen LogP contribution is 2.35. The van der Waals surface area contributed by atoms with Crippen LogP contribution in [0.15, 0.2) is 136 Å². The quantitative estimate of drug-likeness (QED) is 0.0918. The van der Waals surface area contributed by atoms with Gasteiger partial charge in [-0.05, 0) is 84.6 Å². The lowest BCUT2D eigenvalue weighted by Crippen LogP contribution is -2.39. The van der Waals surface area contributed by atoms with Crippen molar-refractivity contribution in [3.8, 4) is 11.5 Å². The van der Waals surface area contributed by atoms with Crippen LogP contribution in [0.3, 0.4) is 0 Å². The van der Waals surface area contributed by atoms with Crippen molar-refractivity contribution in [3.63, 3.8) is 0 Å². The van der Waals surface area contributed by atoms with Crippen molar-refractivity contribution in [1.82, 2.24) is 37.4 Å². The molecule has 0 bridgehead atoms. The highest BCUT2D eigenvalue weighted by molar-refractivity contribution is 7.99. The average Bonchev–Trinajstić information content (AvgIpc) is 3.85. The highest BCUT2D eigenvalue weighted by atomic mass is 35.5. The first-order valence-electron chi connectivity index (χ1n) is 21.7. The molecule has 4 heterocycles. The predicted molar refractivity (Wildman–Crippen MR) is 261 cm³/mol. The van der Waals surface area contributed by atoms with Crippen molar-refractivity contribution in [2.24, 2.45) is 14.1 Å². The number of hydrogen-bond acceptors (Lipinski definition) is 11. The number of benzene rings is 4. The molecule has 0 fully saturated rings. The summed E-state index contributed by atoms with van der Waals surface area (Å²) in [6, 6.07) is 24.8. The molecule has 0 aliphatic rings. The van der Waals surface area contributed by atoms with Gasteiger partial charge in [-0.15, -0.1) is 26.3 Å². The molecule has 25 heteroatoms. The van der Waals surface area contributed by atoms with E-state index in [1.165, 1.54) is 57.1 Å². The molecule has 0 saturated carbocycles. The number of rotatable bonds is 16. The van der Waals surface area contributed by atoms with Gasteiger partial charge in [0.05, 0.1) is 13.1 Å². The number of aliphatic hydroxyl groups is 1. The Morgan fingerprint density at radius 3 is 1.33 bits per heavy atom. The number of aliphatic hydroxyl groups excluding tert-OH is 1. The number of aromatic nitrogens is 8. The normalized spacial score (nSPS) is 11.8. The molecule has 380 valence electrons. The van der Waals surface area contributed by atoms with Gasteiger partial charge in [-0.25, -0.2) is 19.6 Å². The Kier molecular flexibility index (Phi) is 16.7. The molecule has 0 radical (unpaired) electrons. The largest absolute Gasteiger partial charge is 0.573 e. The molecule has 4 aromatic carbocycles. The van der Waals surface area contributed by atoms with Crippen LogP contribution in [-0.2, 0) is 40.3 Å². The van der Waals surface area contributed by atoms with Gasteiger partial charge < -0.3 is 23.7 Å². The lowest BCUT2D eigenvalue weighted by molar-refractivity contribution is -0.275. The molecule has 0 aliphatic carbocycles. The molecule has 0 unspecified atom stereocenters. The van der Waals surface area contributed by atoms with Gasteiger partial charge in [0.2, 0.25) is 0 Å². The van der Waals surface area contributed by atoms with E-state index < -0.39 is 41.0 Å². The van der Waals surface area contributed by atoms with E-state index >= 15 is 0 Å². The van der Waals surface area contributed by atoms with Crippen molar-refractivity contribution in [1.29, 1.82) is 0 Å². The fraction of sp³-hybridized carbons (Fsp3) is 0.277. The second-order valence-electron chi connectivity index (χ2n) is 15.8. The van der Waals surface area contributed by atoms with E-state index in [0.29, 0.717) is 31.4 Å². The van der Waals surface area contributed by atoms with Gasteiger partial charge >= 0.3 is 24.1 Å². The maximum Gasteiger partial charge on any atom is 0.573 e. The van der Waals surface area contributed by atoms with E-state index in [9.17, 15) is 50.6 Å². The minimum absolute atomic E-state index is 0.0172. The van der Waals surface area contributed by atoms with Crippen LogP contribution in [0.5, 0.6) is 11.5 Å². The van der Waals surface area contributed by atoms with Gasteiger partial charge in [0.25, 0.3) is 11.1 Å². The fourth-order valence-corrected chi connectivity index (χ4v) is 9.43. The minimum atomic E-state index is -4.84. The van der Waals surface area contributed by atoms with Crippen molar-refractivity contribution in [3.05, 3.63) is 160 Å². The summed E-state index contributed by atoms with van der Waals surface area (Å²) in [5, 5.41) is 10.9. The molecule has 0 atom stereocenters. The van der Waals surface area contributed by atoms with Crippen molar-refractivity contribution < 1.29 is 40.9 Å². The maximum absolute atomic E-state index is 13.5. The van der Waals surface area contributed by atoms with Gasteiger partial charge in [-0.3, -0.25) is 27.9 Å². The molecule has 1 N–H and O–H groups in total. The number of nitrogens with zero attached hydrogens (tertiary/aromatic N) is 8. The number of hydrogen-bond donors (Lipinski definition) is 1. The Labute approximate surface area is 422 Å². The number of aryl methyl sites for hydroxylation is 2. The standard InChI is InChI=1S/C24H22ClF3N4O3S.C23H20ClF3N4O4S/c1-3-4-12-31-21(33)19-20(30(2)23(31)34)29-22(32(19)14-15-8-10-16(25)11-9-15)36-18-7-5-6-17(13-18)35-24(26,27)28;1-29-19-18(20(33)30(22(29)34)10-3-11-32)31(13-14-6-8-15(24)9-7-14)21(28-19)36-17-5-2-4-16(12-17)35-23(25,26)27/h5-11,13H,3-4,12,14H2,1-2H3;2,4-9,12,32H,3,10-11,13H2,1H3. The van der Waals surface area contributed by atoms with E-state index in [-0.39, 0.29) is 72.4 Å². The van der Waals surface area contributed by atoms with Gasteiger partial charge in [0.15, 0.2) is 32.6 Å². The summed E-state index contributed by atoms with van der Waals surface area (Å²) in [4.78, 5) is 62.4. The minimum Gasteiger partial charge on any atom is -0.406 e. The van der Waals surface area contributed by atoms with Crippen LogP contribution in [0.4, 0.5) is 26.3 Å². The summed E-state index contributed by atoms with van der Waals surface area (Å²) in [5.74, 6) is -0.770. The predicted octanol–water partition coefficient (Wildman–Crippen LogP) is 9.48. The van der Waals surface area contributed by atoms with E-state index in [2.05, 4.69) is 19.4 Å². The Balaban J connectivity index is 0.000000211. The van der Waals surface area contributed by atoms with Crippen molar-refractivity contribution in [2.75, 3.05) is 6.61 Å². The molecule has 72 heavy (non-hydrogen) atoms. The summed E-state index contributed by atoms with van der Waals surface area (Å²) >= 11 is 14.1. The number of imidazole rings is 2. The van der Waals surface area contributed by atoms with Gasteiger partial charge in [-0.2, -0.15) is 0 Å². The smallest absolute Gasteiger partial charge is 0.406 e. The molecule has 4 aromatic heterocycles. The van der Waals surface area contributed by atoms with E-state index in [1.54, 1.807) is 76.8 Å². The number of halogens is 8. The summed E-state index contributed by atoms with van der Waals surface area (Å²) in [5.41, 5.74) is 0.189. The molecule has 8 aromatic rings. The van der Waals surface area contributed by atoms with Crippen molar-refractivity contribution >= 4 is 69.1 Å². The third-order valence-corrected chi connectivity index (χ3v) is 13.1. The van der Waals surface area contributed by atoms with Crippen LogP contribution >= 0.6 is 46.7 Å². The zero-order chi connectivity index (χ0) is 52.1. The molecular weight excluding hydrogens is 1040 g/mol. The molecule has 0 aliphatic heterocycles. The Morgan fingerprint density at radius 2 is 0.972 bits per heavy atom. The molecule has 0 amide bonds. The van der Waals surface area contributed by atoms with E-state index in [0.717, 1.165) is 45.6 Å². The van der Waals surface area contributed by atoms with Crippen LogP contribution in [0.1, 0.15) is 37.3 Å². The topological polar surface area (TPSA) is 162 Å². The summed E-state index contributed by atoms with van der Waals surface area (Å²) < 4.78 is 92.3. The summed E-state index contributed by atoms with van der Waals surface area (Å²) in [7, 11) is 3.02. The van der Waals surface area contributed by atoms with Gasteiger partial charge in [0, 0.05) is 53.6 Å². The first-order chi connectivity index (χ1) is 34.1. The maximum atomic E-state index is 13.5. The van der Waals surface area contributed by atoms with Crippen LogP contribution in [-0.4, -0.2) is 61.8 Å². The highest BCUT2D eigenvalue weighted by Gasteiger charge is 2.32.